The van der Waals surface area contributed by atoms with Crippen LogP contribution in [0.3, 0.4) is 0 Å². The van der Waals surface area contributed by atoms with Gasteiger partial charge in [-0.05, 0) is 48.8 Å². The van der Waals surface area contributed by atoms with E-state index in [0.29, 0.717) is 13.0 Å². The predicted molar refractivity (Wildman–Crippen MR) is 111 cm³/mol. The summed E-state index contributed by atoms with van der Waals surface area (Å²) in [6.07, 6.45) is 3.76. The van der Waals surface area contributed by atoms with E-state index in [0.717, 1.165) is 47.5 Å². The van der Waals surface area contributed by atoms with Crippen LogP contribution < -0.4 is 0 Å². The SMILES string of the molecule is CCC1(CC)CC(=O)c2cc(C3=NC(c4ccc(C)cc4)=NC3)ccc2C1. The quantitative estimate of drug-likeness (QED) is 0.742. The van der Waals surface area contributed by atoms with Crippen LogP contribution in [0.1, 0.15) is 65.7 Å². The lowest BCUT2D eigenvalue weighted by molar-refractivity contribution is 0.0871. The maximum atomic E-state index is 12.8. The molecule has 0 spiro atoms. The Hall–Kier alpha value is -2.55. The van der Waals surface area contributed by atoms with Gasteiger partial charge in [-0.25, -0.2) is 4.99 Å². The highest BCUT2D eigenvalue weighted by Gasteiger charge is 2.36. The van der Waals surface area contributed by atoms with Crippen molar-refractivity contribution in [3.8, 4) is 0 Å². The molecule has 0 saturated heterocycles. The van der Waals surface area contributed by atoms with Crippen molar-refractivity contribution in [2.75, 3.05) is 6.54 Å². The van der Waals surface area contributed by atoms with Crippen LogP contribution in [0.4, 0.5) is 0 Å². The van der Waals surface area contributed by atoms with Crippen LogP contribution in [0.2, 0.25) is 0 Å². The van der Waals surface area contributed by atoms with Gasteiger partial charge in [-0.1, -0.05) is 55.8 Å². The van der Waals surface area contributed by atoms with Crippen molar-refractivity contribution in [2.45, 2.75) is 46.5 Å². The Bertz CT molecular complexity index is 947. The van der Waals surface area contributed by atoms with Gasteiger partial charge in [0.15, 0.2) is 11.6 Å². The summed E-state index contributed by atoms with van der Waals surface area (Å²) >= 11 is 0. The first kappa shape index (κ1) is 17.8. The van der Waals surface area contributed by atoms with E-state index in [9.17, 15) is 4.79 Å². The second kappa shape index (κ2) is 6.88. The van der Waals surface area contributed by atoms with Gasteiger partial charge in [0.25, 0.3) is 0 Å². The molecule has 0 atom stereocenters. The topological polar surface area (TPSA) is 41.8 Å². The number of ketones is 1. The Labute approximate surface area is 161 Å². The van der Waals surface area contributed by atoms with Crippen molar-refractivity contribution in [1.82, 2.24) is 0 Å². The fourth-order valence-electron chi connectivity index (χ4n) is 4.18. The van der Waals surface area contributed by atoms with E-state index in [1.165, 1.54) is 11.1 Å². The Morgan fingerprint density at radius 2 is 1.67 bits per heavy atom. The van der Waals surface area contributed by atoms with Gasteiger partial charge in [-0.15, -0.1) is 0 Å². The average molecular weight is 358 g/mol. The number of hydrogen-bond donors (Lipinski definition) is 0. The molecule has 3 heteroatoms. The highest BCUT2D eigenvalue weighted by molar-refractivity contribution is 6.17. The van der Waals surface area contributed by atoms with Crippen molar-refractivity contribution in [3.05, 3.63) is 70.3 Å². The monoisotopic (exact) mass is 358 g/mol. The molecule has 4 rings (SSSR count). The van der Waals surface area contributed by atoms with Gasteiger partial charge >= 0.3 is 0 Å². The van der Waals surface area contributed by atoms with E-state index < -0.39 is 0 Å². The minimum atomic E-state index is 0.137. The fraction of sp³-hybridized carbons (Fsp3) is 0.375. The third-order valence-electron chi connectivity index (χ3n) is 6.27. The zero-order chi connectivity index (χ0) is 19.0. The predicted octanol–water partition coefficient (Wildman–Crippen LogP) is 5.18. The van der Waals surface area contributed by atoms with E-state index in [2.05, 4.69) is 62.2 Å². The van der Waals surface area contributed by atoms with Crippen molar-refractivity contribution >= 4 is 17.3 Å². The van der Waals surface area contributed by atoms with Gasteiger partial charge < -0.3 is 0 Å². The highest BCUT2D eigenvalue weighted by atomic mass is 16.1. The molecule has 2 aromatic rings. The molecule has 2 aromatic carbocycles. The molecule has 0 unspecified atom stereocenters. The number of fused-ring (bicyclic) bond motifs is 1. The molecular weight excluding hydrogens is 332 g/mol. The van der Waals surface area contributed by atoms with Crippen LogP contribution in [0.15, 0.2) is 52.4 Å². The molecule has 138 valence electrons. The number of aryl methyl sites for hydroxylation is 1. The van der Waals surface area contributed by atoms with E-state index in [-0.39, 0.29) is 11.2 Å². The smallest absolute Gasteiger partial charge is 0.163 e. The number of aliphatic imine (C=N–C) groups is 2. The standard InChI is InChI=1S/C24H26N2O/c1-4-24(5-2)13-19-11-10-18(12-20(19)22(27)14-24)21-15-25-23(26-21)17-8-6-16(3)7-9-17/h6-12H,4-5,13-15H2,1-3H3. The first-order valence-corrected chi connectivity index (χ1v) is 9.89. The van der Waals surface area contributed by atoms with Crippen LogP contribution in [-0.2, 0) is 6.42 Å². The molecule has 0 saturated carbocycles. The number of carbonyl (C=O) groups excluding carboxylic acids is 1. The van der Waals surface area contributed by atoms with E-state index in [1.807, 2.05) is 6.07 Å². The molecule has 0 aromatic heterocycles. The van der Waals surface area contributed by atoms with Crippen LogP contribution in [0, 0.1) is 12.3 Å². The van der Waals surface area contributed by atoms with Crippen LogP contribution in [-0.4, -0.2) is 23.9 Å². The summed E-state index contributed by atoms with van der Waals surface area (Å²) in [6.45, 7) is 7.05. The Kier molecular flexibility index (Phi) is 4.55. The first-order valence-electron chi connectivity index (χ1n) is 9.89. The van der Waals surface area contributed by atoms with Gasteiger partial charge in [0.05, 0.1) is 12.3 Å². The summed E-state index contributed by atoms with van der Waals surface area (Å²) in [5.41, 5.74) is 6.45. The number of hydrogen-bond acceptors (Lipinski definition) is 3. The lowest BCUT2D eigenvalue weighted by Gasteiger charge is -2.36. The van der Waals surface area contributed by atoms with Crippen LogP contribution in [0.25, 0.3) is 0 Å². The van der Waals surface area contributed by atoms with Crippen molar-refractivity contribution in [3.63, 3.8) is 0 Å². The molecule has 0 bridgehead atoms. The Morgan fingerprint density at radius 3 is 2.37 bits per heavy atom. The second-order valence-electron chi connectivity index (χ2n) is 7.92. The summed E-state index contributed by atoms with van der Waals surface area (Å²) in [5, 5.41) is 0. The van der Waals surface area contributed by atoms with E-state index >= 15 is 0 Å². The van der Waals surface area contributed by atoms with Crippen LogP contribution in [0.5, 0.6) is 0 Å². The van der Waals surface area contributed by atoms with E-state index in [1.54, 1.807) is 0 Å². The first-order chi connectivity index (χ1) is 13.0. The zero-order valence-corrected chi connectivity index (χ0v) is 16.4. The second-order valence-corrected chi connectivity index (χ2v) is 7.92. The van der Waals surface area contributed by atoms with Gasteiger partial charge in [0, 0.05) is 17.5 Å². The number of amidine groups is 1. The molecule has 0 fully saturated rings. The molecule has 27 heavy (non-hydrogen) atoms. The highest BCUT2D eigenvalue weighted by Crippen LogP contribution is 2.41. The van der Waals surface area contributed by atoms with Gasteiger partial charge in [0.2, 0.25) is 0 Å². The molecule has 0 N–H and O–H groups in total. The lowest BCUT2D eigenvalue weighted by atomic mass is 9.67. The summed E-state index contributed by atoms with van der Waals surface area (Å²) in [7, 11) is 0. The number of rotatable bonds is 4. The third kappa shape index (κ3) is 3.27. The van der Waals surface area contributed by atoms with Gasteiger partial charge in [-0.3, -0.25) is 9.79 Å². The number of benzene rings is 2. The van der Waals surface area contributed by atoms with E-state index in [4.69, 9.17) is 4.99 Å². The summed E-state index contributed by atoms with van der Waals surface area (Å²) in [4.78, 5) is 22.2. The molecule has 1 heterocycles. The van der Waals surface area contributed by atoms with Crippen molar-refractivity contribution in [1.29, 1.82) is 0 Å². The average Bonchev–Trinajstić information content (AvgIpc) is 3.18. The minimum absolute atomic E-state index is 0.137. The molecule has 3 nitrogen and oxygen atoms in total. The molecule has 0 amide bonds. The normalized spacial score (nSPS) is 18.1. The number of nitrogens with zero attached hydrogens (tertiary/aromatic N) is 2. The maximum Gasteiger partial charge on any atom is 0.163 e. The molecule has 0 radical (unpaired) electrons. The summed E-state index contributed by atoms with van der Waals surface area (Å²) in [5.74, 6) is 1.06. The lowest BCUT2D eigenvalue weighted by Crippen LogP contribution is -2.31. The van der Waals surface area contributed by atoms with Gasteiger partial charge in [0.1, 0.15) is 0 Å². The largest absolute Gasteiger partial charge is 0.294 e. The Balaban J connectivity index is 1.62. The number of Topliss-reactive ketones (excluding diaryl/α,β-unsaturated/α-hetero) is 1. The third-order valence-corrected chi connectivity index (χ3v) is 6.27. The maximum absolute atomic E-state index is 12.8. The summed E-state index contributed by atoms with van der Waals surface area (Å²) < 4.78 is 0. The van der Waals surface area contributed by atoms with Crippen molar-refractivity contribution < 1.29 is 4.79 Å². The zero-order valence-electron chi connectivity index (χ0n) is 16.4. The van der Waals surface area contributed by atoms with Crippen LogP contribution >= 0.6 is 0 Å². The molecule has 2 aliphatic rings. The van der Waals surface area contributed by atoms with Gasteiger partial charge in [-0.2, -0.15) is 0 Å². The fourth-order valence-corrected chi connectivity index (χ4v) is 4.18. The minimum Gasteiger partial charge on any atom is -0.294 e. The number of carbonyl (C=O) groups is 1. The molecule has 1 aliphatic carbocycles. The van der Waals surface area contributed by atoms with Crippen molar-refractivity contribution in [2.24, 2.45) is 15.4 Å². The molecule has 1 aliphatic heterocycles. The molecular formula is C24H26N2O. The Morgan fingerprint density at radius 1 is 0.963 bits per heavy atom. The summed E-state index contributed by atoms with van der Waals surface area (Å²) in [6, 6.07) is 14.6.